The molecule has 4 aromatic carbocycles. The highest BCUT2D eigenvalue weighted by Gasteiger charge is 2.20. The third-order valence-electron chi connectivity index (χ3n) is 5.96. The second-order valence-corrected chi connectivity index (χ2v) is 10.9. The molecule has 0 aliphatic rings. The first-order valence-corrected chi connectivity index (χ1v) is 14.3. The van der Waals surface area contributed by atoms with Crippen LogP contribution in [0.15, 0.2) is 107 Å². The zero-order valence-corrected chi connectivity index (χ0v) is 22.9. The summed E-state index contributed by atoms with van der Waals surface area (Å²) in [6.45, 7) is 0. The van der Waals surface area contributed by atoms with E-state index in [1.807, 2.05) is 0 Å². The third-order valence-corrected chi connectivity index (χ3v) is 8.26. The molecule has 10 heteroatoms. The van der Waals surface area contributed by atoms with Gasteiger partial charge in [0.2, 0.25) is 0 Å². The van der Waals surface area contributed by atoms with Gasteiger partial charge in [-0.1, -0.05) is 60.7 Å². The number of carbonyl (C=O) groups is 2. The maximum Gasteiger partial charge on any atom is 0.283 e. The van der Waals surface area contributed by atoms with Crippen LogP contribution in [0.5, 0.6) is 0 Å². The van der Waals surface area contributed by atoms with Crippen molar-refractivity contribution in [3.63, 3.8) is 0 Å². The van der Waals surface area contributed by atoms with Gasteiger partial charge in [-0.2, -0.15) is 0 Å². The fraction of sp³-hybridized carbons (Fsp3) is 0.133. The molecule has 0 N–H and O–H groups in total. The lowest BCUT2D eigenvalue weighted by molar-refractivity contribution is -0.387. The van der Waals surface area contributed by atoms with E-state index in [-0.39, 0.29) is 34.1 Å². The van der Waals surface area contributed by atoms with Gasteiger partial charge < -0.3 is 0 Å². The number of carbonyl (C=O) groups excluding carboxylic acids is 2. The van der Waals surface area contributed by atoms with Crippen molar-refractivity contribution in [1.82, 2.24) is 0 Å². The largest absolute Gasteiger partial charge is 0.289 e. The highest BCUT2D eigenvalue weighted by Crippen LogP contribution is 2.33. The number of hydrogen-bond acceptors (Lipinski definition) is 8. The smallest absolute Gasteiger partial charge is 0.283 e. The van der Waals surface area contributed by atoms with E-state index in [0.717, 1.165) is 12.8 Å². The Morgan fingerprint density at radius 1 is 0.550 bits per heavy atom. The van der Waals surface area contributed by atoms with Crippen molar-refractivity contribution in [3.8, 4) is 0 Å². The van der Waals surface area contributed by atoms with Crippen molar-refractivity contribution in [2.45, 2.75) is 22.6 Å². The summed E-state index contributed by atoms with van der Waals surface area (Å²) in [6, 6.07) is 26.3. The van der Waals surface area contributed by atoms with E-state index >= 15 is 0 Å². The molecule has 0 aromatic heterocycles. The summed E-state index contributed by atoms with van der Waals surface area (Å²) in [6.07, 6.45) is 1.47. The van der Waals surface area contributed by atoms with E-state index < -0.39 is 9.85 Å². The second-order valence-electron chi connectivity index (χ2n) is 8.67. The monoisotopic (exact) mass is 572 g/mol. The maximum atomic E-state index is 12.7. The topological polar surface area (TPSA) is 120 Å². The summed E-state index contributed by atoms with van der Waals surface area (Å²) in [7, 11) is 0. The Morgan fingerprint density at radius 2 is 0.925 bits per heavy atom. The molecule has 0 spiro atoms. The molecular formula is C30H24N2O6S2. The van der Waals surface area contributed by atoms with Crippen molar-refractivity contribution < 1.29 is 19.4 Å². The Hall–Kier alpha value is -4.28. The van der Waals surface area contributed by atoms with E-state index in [0.29, 0.717) is 32.4 Å². The van der Waals surface area contributed by atoms with Gasteiger partial charge in [0, 0.05) is 34.4 Å². The maximum absolute atomic E-state index is 12.7. The molecule has 0 amide bonds. The first-order valence-electron chi connectivity index (χ1n) is 12.4. The van der Waals surface area contributed by atoms with E-state index in [1.165, 1.54) is 35.7 Å². The number of nitro benzene ring substituents is 2. The number of unbranched alkanes of at least 4 members (excludes halogenated alkanes) is 1. The van der Waals surface area contributed by atoms with Crippen LogP contribution in [-0.2, 0) is 0 Å². The Labute approximate surface area is 239 Å². The SMILES string of the molecule is O=C(c1ccccc1)c1ccc(SCCCCSc2ccc(C(=O)c3ccccc3)cc2[N+](=O)[O-])c([N+](=O)[O-])c1. The molecule has 0 heterocycles. The molecule has 202 valence electrons. The van der Waals surface area contributed by atoms with Gasteiger partial charge in [0.25, 0.3) is 11.4 Å². The Morgan fingerprint density at radius 3 is 1.27 bits per heavy atom. The van der Waals surface area contributed by atoms with Gasteiger partial charge in [0.1, 0.15) is 0 Å². The van der Waals surface area contributed by atoms with E-state index in [4.69, 9.17) is 0 Å². The van der Waals surface area contributed by atoms with Crippen molar-refractivity contribution >= 4 is 46.5 Å². The van der Waals surface area contributed by atoms with Gasteiger partial charge in [-0.3, -0.25) is 29.8 Å². The van der Waals surface area contributed by atoms with E-state index in [1.54, 1.807) is 84.9 Å². The molecule has 8 nitrogen and oxygen atoms in total. The van der Waals surface area contributed by atoms with Crippen LogP contribution in [0.1, 0.15) is 44.7 Å². The molecule has 4 aromatic rings. The van der Waals surface area contributed by atoms with E-state index in [9.17, 15) is 29.8 Å². The quantitative estimate of drug-likeness (QED) is 0.0527. The molecule has 0 unspecified atom stereocenters. The molecule has 4 rings (SSSR count). The average Bonchev–Trinajstić information content (AvgIpc) is 2.99. The molecule has 0 saturated heterocycles. The van der Waals surface area contributed by atoms with Crippen molar-refractivity contribution in [3.05, 3.63) is 140 Å². The molecule has 40 heavy (non-hydrogen) atoms. The van der Waals surface area contributed by atoms with Crippen LogP contribution in [-0.4, -0.2) is 32.9 Å². The molecule has 0 fully saturated rings. The minimum Gasteiger partial charge on any atom is -0.289 e. The standard InChI is InChI=1S/C30H24N2O6S2/c33-29(21-9-3-1-4-10-21)23-13-15-27(25(19-23)31(35)36)39-17-7-8-18-40-28-16-14-24(20-26(28)32(37)38)30(34)22-11-5-2-6-12-22/h1-6,9-16,19-20H,7-8,17-18H2. The van der Waals surface area contributed by atoms with Gasteiger partial charge in [0.15, 0.2) is 11.6 Å². The molecule has 0 aliphatic carbocycles. The number of nitro groups is 2. The summed E-state index contributed by atoms with van der Waals surface area (Å²) in [4.78, 5) is 48.7. The summed E-state index contributed by atoms with van der Waals surface area (Å²) in [5.74, 6) is 0.674. The van der Waals surface area contributed by atoms with Crippen molar-refractivity contribution in [1.29, 1.82) is 0 Å². The predicted octanol–water partition coefficient (Wildman–Crippen LogP) is 7.63. The molecular weight excluding hydrogens is 548 g/mol. The average molecular weight is 573 g/mol. The van der Waals surface area contributed by atoms with Crippen LogP contribution in [0, 0.1) is 20.2 Å². The molecule has 0 bridgehead atoms. The first kappa shape index (κ1) is 28.7. The van der Waals surface area contributed by atoms with Crippen LogP contribution in [0.2, 0.25) is 0 Å². The summed E-state index contributed by atoms with van der Waals surface area (Å²) in [5, 5.41) is 23.3. The fourth-order valence-corrected chi connectivity index (χ4v) is 5.96. The molecule has 0 aliphatic heterocycles. The van der Waals surface area contributed by atoms with Crippen molar-refractivity contribution in [2.75, 3.05) is 11.5 Å². The zero-order chi connectivity index (χ0) is 28.5. The molecule has 0 radical (unpaired) electrons. The van der Waals surface area contributed by atoms with Crippen molar-refractivity contribution in [2.24, 2.45) is 0 Å². The third kappa shape index (κ3) is 7.22. The Balaban J connectivity index is 1.32. The lowest BCUT2D eigenvalue weighted by Crippen LogP contribution is -2.03. The number of nitrogens with zero attached hydrogens (tertiary/aromatic N) is 2. The van der Waals surface area contributed by atoms with Crippen LogP contribution in [0.4, 0.5) is 11.4 Å². The second kappa shape index (κ2) is 13.7. The highest BCUT2D eigenvalue weighted by atomic mass is 32.2. The summed E-state index contributed by atoms with van der Waals surface area (Å²) >= 11 is 2.68. The van der Waals surface area contributed by atoms with Crippen LogP contribution < -0.4 is 0 Å². The number of hydrogen-bond donors (Lipinski definition) is 0. The van der Waals surface area contributed by atoms with Crippen LogP contribution >= 0.6 is 23.5 Å². The minimum absolute atomic E-state index is 0.109. The lowest BCUT2D eigenvalue weighted by atomic mass is 10.0. The first-order chi connectivity index (χ1) is 19.3. The number of thioether (sulfide) groups is 2. The Bertz CT molecular complexity index is 1430. The number of ketones is 2. The fourth-order valence-electron chi connectivity index (χ4n) is 3.93. The normalized spacial score (nSPS) is 10.7. The minimum atomic E-state index is -0.481. The van der Waals surface area contributed by atoms with Gasteiger partial charge in [-0.15, -0.1) is 23.5 Å². The Kier molecular flexibility index (Phi) is 9.82. The van der Waals surface area contributed by atoms with Gasteiger partial charge >= 0.3 is 0 Å². The number of benzene rings is 4. The molecule has 0 atom stereocenters. The van der Waals surface area contributed by atoms with E-state index in [2.05, 4.69) is 0 Å². The van der Waals surface area contributed by atoms with Crippen LogP contribution in [0.25, 0.3) is 0 Å². The lowest BCUT2D eigenvalue weighted by Gasteiger charge is -2.07. The highest BCUT2D eigenvalue weighted by molar-refractivity contribution is 7.99. The number of rotatable bonds is 13. The molecule has 0 saturated carbocycles. The summed E-state index contributed by atoms with van der Waals surface area (Å²) in [5.41, 5.74) is 1.23. The predicted molar refractivity (Wildman–Crippen MR) is 157 cm³/mol. The summed E-state index contributed by atoms with van der Waals surface area (Å²) < 4.78 is 0. The zero-order valence-electron chi connectivity index (χ0n) is 21.2. The van der Waals surface area contributed by atoms with Crippen LogP contribution in [0.3, 0.4) is 0 Å². The van der Waals surface area contributed by atoms with Gasteiger partial charge in [-0.25, -0.2) is 0 Å². The van der Waals surface area contributed by atoms with Gasteiger partial charge in [-0.05, 0) is 48.6 Å². The van der Waals surface area contributed by atoms with Gasteiger partial charge in [0.05, 0.1) is 19.6 Å².